The molecule has 0 radical (unpaired) electrons. The van der Waals surface area contributed by atoms with Gasteiger partial charge in [0.05, 0.1) is 17.3 Å². The molecule has 0 bridgehead atoms. The average molecular weight is 649 g/mol. The lowest BCUT2D eigenvalue weighted by atomic mass is 10.0. The number of anilines is 1. The van der Waals surface area contributed by atoms with Crippen LogP contribution in [0.25, 0.3) is 6.08 Å². The van der Waals surface area contributed by atoms with Gasteiger partial charge in [-0.1, -0.05) is 70.7 Å². The van der Waals surface area contributed by atoms with Gasteiger partial charge in [-0.25, -0.2) is 13.1 Å². The highest BCUT2D eigenvalue weighted by Gasteiger charge is 2.53. The predicted molar refractivity (Wildman–Crippen MR) is 155 cm³/mol. The fourth-order valence-corrected chi connectivity index (χ4v) is 8.86. The SMILES string of the molecule is O=C(/C=C/c1cccc2c1N(Cc1ccc(Cl)cc1Cl)C(=O)C21NCCS1)NS(=O)(=O)c1cc(Cl)c(Cl)s1. The highest BCUT2D eigenvalue weighted by molar-refractivity contribution is 8.01. The predicted octanol–water partition coefficient (Wildman–Crippen LogP) is 5.92. The minimum Gasteiger partial charge on any atom is -0.304 e. The second-order valence-corrected chi connectivity index (χ2v) is 14.4. The molecule has 0 saturated carbocycles. The maximum Gasteiger partial charge on any atom is 0.273 e. The number of carbonyl (C=O) groups excluding carboxylic acids is 2. The molecular weight excluding hydrogens is 632 g/mol. The third-order valence-corrected chi connectivity index (χ3v) is 11.6. The van der Waals surface area contributed by atoms with E-state index in [2.05, 4.69) is 5.32 Å². The molecule has 3 aromatic rings. The molecule has 2 aliphatic rings. The van der Waals surface area contributed by atoms with Crippen LogP contribution in [-0.4, -0.2) is 32.5 Å². The van der Waals surface area contributed by atoms with E-state index in [1.807, 2.05) is 10.8 Å². The first kappa shape index (κ1) is 27.8. The van der Waals surface area contributed by atoms with Gasteiger partial charge in [-0.15, -0.1) is 23.1 Å². The van der Waals surface area contributed by atoms with E-state index in [9.17, 15) is 18.0 Å². The molecule has 2 aromatic carbocycles. The number of thioether (sulfide) groups is 1. The van der Waals surface area contributed by atoms with Crippen LogP contribution in [0.4, 0.5) is 5.69 Å². The number of nitrogens with one attached hydrogen (secondary N) is 2. The first-order valence-electron chi connectivity index (χ1n) is 11.0. The molecule has 2 amide bonds. The van der Waals surface area contributed by atoms with Crippen LogP contribution >= 0.6 is 69.5 Å². The second kappa shape index (κ2) is 10.7. The normalized spacial score (nSPS) is 19.1. The molecule has 1 unspecified atom stereocenters. The van der Waals surface area contributed by atoms with Gasteiger partial charge in [0.25, 0.3) is 21.8 Å². The molecular formula is C24H17Cl4N3O4S3. The number of thiophene rings is 1. The van der Waals surface area contributed by atoms with Crippen molar-refractivity contribution in [3.63, 3.8) is 0 Å². The molecule has 2 N–H and O–H groups in total. The Balaban J connectivity index is 1.48. The lowest BCUT2D eigenvalue weighted by Gasteiger charge is -2.23. The molecule has 2 aliphatic heterocycles. The smallest absolute Gasteiger partial charge is 0.273 e. The molecule has 1 spiro atoms. The fraction of sp³-hybridized carbons (Fsp3) is 0.167. The number of hydrogen-bond acceptors (Lipinski definition) is 7. The summed E-state index contributed by atoms with van der Waals surface area (Å²) in [7, 11) is -4.17. The summed E-state index contributed by atoms with van der Waals surface area (Å²) in [5.41, 5.74) is 2.62. The van der Waals surface area contributed by atoms with E-state index in [-0.39, 0.29) is 26.0 Å². The summed E-state index contributed by atoms with van der Waals surface area (Å²) in [4.78, 5) is 27.1. The van der Waals surface area contributed by atoms with Gasteiger partial charge >= 0.3 is 0 Å². The Labute approximate surface area is 247 Å². The number of sulfonamides is 1. The zero-order valence-electron chi connectivity index (χ0n) is 19.1. The molecule has 198 valence electrons. The van der Waals surface area contributed by atoms with Gasteiger partial charge in [-0.2, -0.15) is 0 Å². The van der Waals surface area contributed by atoms with Crippen molar-refractivity contribution in [3.8, 4) is 0 Å². The summed E-state index contributed by atoms with van der Waals surface area (Å²) in [6, 6.07) is 11.7. The van der Waals surface area contributed by atoms with Crippen LogP contribution in [0, 0.1) is 0 Å². The van der Waals surface area contributed by atoms with Gasteiger partial charge in [-0.3, -0.25) is 14.9 Å². The van der Waals surface area contributed by atoms with Crippen LogP contribution in [0.1, 0.15) is 16.7 Å². The number of halogens is 4. The standard InChI is InChI=1S/C24H17Cl4N3O4S3/c25-15-6-4-14(17(26)10-15)12-31-21-13(2-1-3-16(21)24(23(31)33)29-8-9-36-24)5-7-19(32)30-38(34,35)20-11-18(27)22(28)37-20/h1-7,10-11,29H,8-9,12H2,(H,30,32)/b7-5+. The van der Waals surface area contributed by atoms with Gasteiger partial charge in [0.1, 0.15) is 8.55 Å². The molecule has 1 saturated heterocycles. The molecule has 7 nitrogen and oxygen atoms in total. The maximum absolute atomic E-state index is 13.8. The lowest BCUT2D eigenvalue weighted by Crippen LogP contribution is -2.44. The van der Waals surface area contributed by atoms with Crippen molar-refractivity contribution in [3.05, 3.63) is 84.6 Å². The molecule has 5 rings (SSSR count). The van der Waals surface area contributed by atoms with E-state index in [4.69, 9.17) is 46.4 Å². The van der Waals surface area contributed by atoms with Gasteiger partial charge in [0, 0.05) is 34.0 Å². The first-order valence-corrected chi connectivity index (χ1v) is 15.8. The quantitative estimate of drug-likeness (QED) is 0.323. The van der Waals surface area contributed by atoms with Crippen molar-refractivity contribution >= 4 is 103 Å². The van der Waals surface area contributed by atoms with E-state index in [1.165, 1.54) is 23.9 Å². The van der Waals surface area contributed by atoms with E-state index >= 15 is 0 Å². The number of rotatable bonds is 6. The van der Waals surface area contributed by atoms with Gasteiger partial charge in [-0.05, 0) is 35.4 Å². The molecule has 1 aromatic heterocycles. The summed E-state index contributed by atoms with van der Waals surface area (Å²) in [6.45, 7) is 0.833. The number of benzene rings is 2. The third kappa shape index (κ3) is 5.09. The summed E-state index contributed by atoms with van der Waals surface area (Å²) in [6.07, 6.45) is 2.57. The minimum atomic E-state index is -4.17. The van der Waals surface area contributed by atoms with Crippen LogP contribution in [0.3, 0.4) is 0 Å². The Morgan fingerprint density at radius 2 is 1.92 bits per heavy atom. The second-order valence-electron chi connectivity index (χ2n) is 8.32. The maximum atomic E-state index is 13.8. The third-order valence-electron chi connectivity index (χ3n) is 5.94. The number of carbonyl (C=O) groups is 2. The Morgan fingerprint density at radius 1 is 1.13 bits per heavy atom. The topological polar surface area (TPSA) is 95.6 Å². The van der Waals surface area contributed by atoms with Crippen molar-refractivity contribution in [2.24, 2.45) is 0 Å². The van der Waals surface area contributed by atoms with Gasteiger partial charge < -0.3 is 4.90 Å². The van der Waals surface area contributed by atoms with Crippen molar-refractivity contribution in [2.75, 3.05) is 17.2 Å². The van der Waals surface area contributed by atoms with E-state index in [1.54, 1.807) is 35.2 Å². The molecule has 1 fully saturated rings. The minimum absolute atomic E-state index is 0.0813. The number of fused-ring (bicyclic) bond motifs is 2. The number of para-hydroxylation sites is 1. The van der Waals surface area contributed by atoms with Crippen LogP contribution < -0.4 is 14.9 Å². The van der Waals surface area contributed by atoms with Crippen LogP contribution in [0.15, 0.2) is 52.7 Å². The Hall–Kier alpha value is -1.76. The summed E-state index contributed by atoms with van der Waals surface area (Å²) in [5, 5.41) is 4.32. The highest BCUT2D eigenvalue weighted by Crippen LogP contribution is 2.51. The first-order chi connectivity index (χ1) is 18.0. The van der Waals surface area contributed by atoms with Gasteiger partial charge in [0.15, 0.2) is 4.87 Å². The average Bonchev–Trinajstić information content (AvgIpc) is 3.55. The molecule has 14 heteroatoms. The van der Waals surface area contributed by atoms with Crippen LogP contribution in [0.5, 0.6) is 0 Å². The number of nitrogens with zero attached hydrogens (tertiary/aromatic N) is 1. The molecule has 1 atom stereocenters. The van der Waals surface area contributed by atoms with Crippen molar-refractivity contribution < 1.29 is 18.0 Å². The summed E-state index contributed by atoms with van der Waals surface area (Å²) >= 11 is 26.4. The molecule has 38 heavy (non-hydrogen) atoms. The zero-order chi connectivity index (χ0) is 27.2. The van der Waals surface area contributed by atoms with Crippen LogP contribution in [-0.2, 0) is 31.0 Å². The lowest BCUT2D eigenvalue weighted by molar-refractivity contribution is -0.121. The largest absolute Gasteiger partial charge is 0.304 e. The Bertz CT molecular complexity index is 1580. The van der Waals surface area contributed by atoms with Crippen LogP contribution in [0.2, 0.25) is 19.4 Å². The van der Waals surface area contributed by atoms with Crippen molar-refractivity contribution in [1.82, 2.24) is 10.0 Å². The molecule has 3 heterocycles. The van der Waals surface area contributed by atoms with Crippen molar-refractivity contribution in [1.29, 1.82) is 0 Å². The molecule has 0 aliphatic carbocycles. The monoisotopic (exact) mass is 647 g/mol. The van der Waals surface area contributed by atoms with Crippen molar-refractivity contribution in [2.45, 2.75) is 15.6 Å². The Morgan fingerprint density at radius 3 is 2.58 bits per heavy atom. The summed E-state index contributed by atoms with van der Waals surface area (Å²) in [5.74, 6) is -0.277. The number of amides is 2. The Kier molecular flexibility index (Phi) is 7.80. The summed E-state index contributed by atoms with van der Waals surface area (Å²) < 4.78 is 27.1. The van der Waals surface area contributed by atoms with E-state index in [0.29, 0.717) is 33.4 Å². The number of hydrogen-bond donors (Lipinski definition) is 2. The zero-order valence-corrected chi connectivity index (χ0v) is 24.6. The fourth-order valence-electron chi connectivity index (χ4n) is 4.29. The van der Waals surface area contributed by atoms with E-state index in [0.717, 1.165) is 28.7 Å². The van der Waals surface area contributed by atoms with Gasteiger partial charge in [0.2, 0.25) is 0 Å². The van der Waals surface area contributed by atoms with E-state index < -0.39 is 20.8 Å². The highest BCUT2D eigenvalue weighted by atomic mass is 35.5.